The first kappa shape index (κ1) is 18.8. The second-order valence-corrected chi connectivity index (χ2v) is 7.62. The number of amides is 2. The lowest BCUT2D eigenvalue weighted by molar-refractivity contribution is -0.128. The van der Waals surface area contributed by atoms with E-state index in [0.29, 0.717) is 26.6 Å². The van der Waals surface area contributed by atoms with Crippen LogP contribution in [0.4, 0.5) is 11.4 Å². The van der Waals surface area contributed by atoms with Crippen LogP contribution in [0, 0.1) is 0 Å². The zero-order valence-electron chi connectivity index (χ0n) is 13.8. The molecule has 3 rings (SSSR count). The van der Waals surface area contributed by atoms with E-state index in [1.165, 1.54) is 16.7 Å². The van der Waals surface area contributed by atoms with Crippen molar-refractivity contribution in [3.63, 3.8) is 0 Å². The van der Waals surface area contributed by atoms with Crippen LogP contribution in [0.5, 0.6) is 0 Å². The molecule has 134 valence electrons. The Morgan fingerprint density at radius 1 is 1.19 bits per heavy atom. The summed E-state index contributed by atoms with van der Waals surface area (Å²) in [5, 5.41) is 3.70. The highest BCUT2D eigenvalue weighted by Crippen LogP contribution is 2.30. The molecule has 0 aromatic heterocycles. The van der Waals surface area contributed by atoms with Gasteiger partial charge in [0.15, 0.2) is 5.17 Å². The number of amidine groups is 1. The molecule has 0 saturated carbocycles. The van der Waals surface area contributed by atoms with Crippen molar-refractivity contribution in [1.82, 2.24) is 4.90 Å². The largest absolute Gasteiger partial charge is 0.324 e. The Morgan fingerprint density at radius 2 is 1.88 bits per heavy atom. The fraction of sp³-hybridized carbons (Fsp3) is 0.167. The van der Waals surface area contributed by atoms with Gasteiger partial charge in [0.25, 0.3) is 0 Å². The first-order valence-electron chi connectivity index (χ1n) is 7.77. The summed E-state index contributed by atoms with van der Waals surface area (Å²) in [7, 11) is 1.65. The van der Waals surface area contributed by atoms with E-state index >= 15 is 0 Å². The molecular formula is C18H15Cl2N3O2S. The summed E-state index contributed by atoms with van der Waals surface area (Å²) < 4.78 is 0. The summed E-state index contributed by atoms with van der Waals surface area (Å²) in [4.78, 5) is 30.8. The second kappa shape index (κ2) is 8.12. The number of nitrogens with zero attached hydrogens (tertiary/aromatic N) is 2. The zero-order valence-corrected chi connectivity index (χ0v) is 16.1. The Kier molecular flexibility index (Phi) is 5.86. The average Bonchev–Trinajstić information content (AvgIpc) is 2.62. The van der Waals surface area contributed by atoms with Crippen LogP contribution >= 0.6 is 35.0 Å². The van der Waals surface area contributed by atoms with Crippen molar-refractivity contribution in [3.8, 4) is 0 Å². The number of hydrogen-bond acceptors (Lipinski definition) is 4. The molecular weight excluding hydrogens is 393 g/mol. The summed E-state index contributed by atoms with van der Waals surface area (Å²) in [5.74, 6) is -0.455. The number of nitrogens with one attached hydrogen (secondary N) is 1. The summed E-state index contributed by atoms with van der Waals surface area (Å²) in [6.07, 6.45) is 0.0943. The number of para-hydroxylation sites is 1. The maximum atomic E-state index is 12.6. The number of thioether (sulfide) groups is 1. The average molecular weight is 408 g/mol. The second-order valence-electron chi connectivity index (χ2n) is 5.60. The monoisotopic (exact) mass is 407 g/mol. The predicted molar refractivity (Wildman–Crippen MR) is 107 cm³/mol. The van der Waals surface area contributed by atoms with E-state index < -0.39 is 5.25 Å². The van der Waals surface area contributed by atoms with Crippen LogP contribution < -0.4 is 5.32 Å². The molecule has 1 saturated heterocycles. The molecule has 1 heterocycles. The number of halogens is 2. The van der Waals surface area contributed by atoms with Crippen molar-refractivity contribution in [2.75, 3.05) is 12.4 Å². The molecule has 1 unspecified atom stereocenters. The smallest absolute Gasteiger partial charge is 0.238 e. The SMILES string of the molecule is CN1C(=O)CC(C(=O)Nc2ccccc2Cl)SC1=Nc1ccc(Cl)cc1. The normalized spacial score (nSPS) is 18.9. The fourth-order valence-corrected chi connectivity index (χ4v) is 3.67. The Balaban J connectivity index is 1.79. The molecule has 0 aliphatic carbocycles. The summed E-state index contributed by atoms with van der Waals surface area (Å²) in [5.41, 5.74) is 1.17. The van der Waals surface area contributed by atoms with Gasteiger partial charge in [-0.1, -0.05) is 47.1 Å². The van der Waals surface area contributed by atoms with Gasteiger partial charge in [-0.15, -0.1) is 0 Å². The van der Waals surface area contributed by atoms with Crippen molar-refractivity contribution >= 4 is 63.3 Å². The fourth-order valence-electron chi connectivity index (χ4n) is 2.30. The third kappa shape index (κ3) is 4.38. The lowest BCUT2D eigenvalue weighted by Gasteiger charge is -2.28. The lowest BCUT2D eigenvalue weighted by atomic mass is 10.2. The minimum Gasteiger partial charge on any atom is -0.324 e. The van der Waals surface area contributed by atoms with E-state index in [-0.39, 0.29) is 18.2 Å². The van der Waals surface area contributed by atoms with Crippen molar-refractivity contribution in [3.05, 3.63) is 58.6 Å². The summed E-state index contributed by atoms with van der Waals surface area (Å²) in [6, 6.07) is 13.9. The van der Waals surface area contributed by atoms with E-state index in [0.717, 1.165) is 0 Å². The molecule has 5 nitrogen and oxygen atoms in total. The van der Waals surface area contributed by atoms with Gasteiger partial charge in [-0.2, -0.15) is 0 Å². The van der Waals surface area contributed by atoms with Crippen molar-refractivity contribution in [1.29, 1.82) is 0 Å². The summed E-state index contributed by atoms with van der Waals surface area (Å²) >= 11 is 13.2. The van der Waals surface area contributed by atoms with Gasteiger partial charge in [0.05, 0.1) is 16.4 Å². The Morgan fingerprint density at radius 3 is 2.58 bits per heavy atom. The van der Waals surface area contributed by atoms with Gasteiger partial charge in [0.1, 0.15) is 5.25 Å². The zero-order chi connectivity index (χ0) is 18.7. The van der Waals surface area contributed by atoms with Crippen LogP contribution in [0.15, 0.2) is 53.5 Å². The Labute approximate surface area is 165 Å². The highest BCUT2D eigenvalue weighted by atomic mass is 35.5. The molecule has 2 aromatic carbocycles. The van der Waals surface area contributed by atoms with Crippen LogP contribution in [-0.2, 0) is 9.59 Å². The predicted octanol–water partition coefficient (Wildman–Crippen LogP) is 4.58. The number of carbonyl (C=O) groups is 2. The van der Waals surface area contributed by atoms with Crippen LogP contribution in [0.25, 0.3) is 0 Å². The standard InChI is InChI=1S/C18H15Cl2N3O2S/c1-23-16(24)10-15(17(25)22-14-5-3-2-4-13(14)20)26-18(23)21-12-8-6-11(19)7-9-12/h2-9,15H,10H2,1H3,(H,22,25). The Hall–Kier alpha value is -2.02. The first-order valence-corrected chi connectivity index (χ1v) is 9.40. The van der Waals surface area contributed by atoms with E-state index in [4.69, 9.17) is 23.2 Å². The maximum Gasteiger partial charge on any atom is 0.238 e. The van der Waals surface area contributed by atoms with Crippen LogP contribution in [0.3, 0.4) is 0 Å². The van der Waals surface area contributed by atoms with Gasteiger partial charge < -0.3 is 5.32 Å². The van der Waals surface area contributed by atoms with Gasteiger partial charge >= 0.3 is 0 Å². The molecule has 0 bridgehead atoms. The van der Waals surface area contributed by atoms with E-state index in [9.17, 15) is 9.59 Å². The highest BCUT2D eigenvalue weighted by Gasteiger charge is 2.34. The van der Waals surface area contributed by atoms with Crippen LogP contribution in [0.2, 0.25) is 10.0 Å². The molecule has 2 amide bonds. The van der Waals surface area contributed by atoms with Gasteiger partial charge in [-0.3, -0.25) is 14.5 Å². The van der Waals surface area contributed by atoms with Crippen molar-refractivity contribution < 1.29 is 9.59 Å². The number of hydrogen-bond donors (Lipinski definition) is 1. The summed E-state index contributed by atoms with van der Waals surface area (Å²) in [6.45, 7) is 0. The lowest BCUT2D eigenvalue weighted by Crippen LogP contribution is -2.43. The molecule has 1 N–H and O–H groups in total. The minimum atomic E-state index is -0.582. The number of rotatable bonds is 3. The molecule has 1 aliphatic heterocycles. The molecule has 26 heavy (non-hydrogen) atoms. The van der Waals surface area contributed by atoms with Crippen LogP contribution in [-0.4, -0.2) is 34.2 Å². The number of anilines is 1. The van der Waals surface area contributed by atoms with E-state index in [2.05, 4.69) is 10.3 Å². The highest BCUT2D eigenvalue weighted by molar-refractivity contribution is 8.15. The topological polar surface area (TPSA) is 61.8 Å². The minimum absolute atomic E-state index is 0.0943. The third-order valence-corrected chi connectivity index (χ3v) is 5.57. The molecule has 0 spiro atoms. The molecule has 0 radical (unpaired) electrons. The number of carbonyl (C=O) groups excluding carboxylic acids is 2. The van der Waals surface area contributed by atoms with Gasteiger partial charge in [-0.25, -0.2) is 4.99 Å². The van der Waals surface area contributed by atoms with Crippen LogP contribution in [0.1, 0.15) is 6.42 Å². The van der Waals surface area contributed by atoms with Gasteiger partial charge in [0.2, 0.25) is 11.8 Å². The number of benzene rings is 2. The molecule has 8 heteroatoms. The molecule has 1 aliphatic rings. The third-order valence-electron chi connectivity index (χ3n) is 3.74. The quantitative estimate of drug-likeness (QED) is 0.809. The van der Waals surface area contributed by atoms with Gasteiger partial charge in [0, 0.05) is 18.5 Å². The number of aliphatic imine (C=N–C) groups is 1. The van der Waals surface area contributed by atoms with Crippen molar-refractivity contribution in [2.24, 2.45) is 4.99 Å². The van der Waals surface area contributed by atoms with E-state index in [1.54, 1.807) is 55.6 Å². The molecule has 2 aromatic rings. The Bertz CT molecular complexity index is 871. The maximum absolute atomic E-state index is 12.6. The first-order chi connectivity index (χ1) is 12.4. The van der Waals surface area contributed by atoms with Gasteiger partial charge in [-0.05, 0) is 36.4 Å². The van der Waals surface area contributed by atoms with E-state index in [1.807, 2.05) is 0 Å². The van der Waals surface area contributed by atoms with Crippen molar-refractivity contribution in [2.45, 2.75) is 11.7 Å². The molecule has 1 fully saturated rings. The molecule has 1 atom stereocenters.